The fourth-order valence-corrected chi connectivity index (χ4v) is 5.22. The first kappa shape index (κ1) is 35.3. The third kappa shape index (κ3) is 11.4. The van der Waals surface area contributed by atoms with Crippen molar-refractivity contribution < 1.29 is 29.6 Å². The summed E-state index contributed by atoms with van der Waals surface area (Å²) in [5.41, 5.74) is -0.106. The summed E-state index contributed by atoms with van der Waals surface area (Å²) in [5, 5.41) is 34.7. The minimum Gasteiger partial charge on any atom is -0.504 e. The third-order valence-corrected chi connectivity index (χ3v) is 7.45. The summed E-state index contributed by atoms with van der Waals surface area (Å²) in [6.45, 7) is 13.1. The molecule has 1 aromatic rings. The van der Waals surface area contributed by atoms with Crippen LogP contribution in [0.4, 0.5) is 0 Å². The summed E-state index contributed by atoms with van der Waals surface area (Å²) in [7, 11) is 3.25. The summed E-state index contributed by atoms with van der Waals surface area (Å²) >= 11 is 0. The van der Waals surface area contributed by atoms with Crippen molar-refractivity contribution in [2.45, 2.75) is 89.7 Å². The summed E-state index contributed by atoms with van der Waals surface area (Å²) in [6.07, 6.45) is 9.14. The molecule has 8 nitrogen and oxygen atoms in total. The molecule has 0 heterocycles. The van der Waals surface area contributed by atoms with Gasteiger partial charge in [0.05, 0.1) is 5.60 Å². The van der Waals surface area contributed by atoms with Gasteiger partial charge in [-0.3, -0.25) is 14.5 Å². The topological polar surface area (TPSA) is 119 Å². The maximum Gasteiger partial charge on any atom is 0.233 e. The number of phenols is 2. The highest BCUT2D eigenvalue weighted by atomic mass is 16.4. The molecule has 8 heteroatoms. The number of hydrogen-bond acceptors (Lipinski definition) is 7. The van der Waals surface area contributed by atoms with Crippen LogP contribution in [0.1, 0.15) is 77.2 Å². The van der Waals surface area contributed by atoms with Crippen molar-refractivity contribution in [2.24, 2.45) is 11.8 Å². The predicted molar refractivity (Wildman–Crippen MR) is 160 cm³/mol. The Morgan fingerprint density at radius 3 is 2.20 bits per heavy atom. The van der Waals surface area contributed by atoms with E-state index in [0.717, 1.165) is 31.0 Å². The molecule has 1 aromatic carbocycles. The Labute approximate surface area is 241 Å². The highest BCUT2D eigenvalue weighted by molar-refractivity contribution is 5.96. The molecule has 0 radical (unpaired) electrons. The number of phenolic OH excluding ortho intramolecular Hbond substituents is 2. The first-order valence-electron chi connectivity index (χ1n) is 14.6. The number of ether oxygens (including phenoxy) is 1. The molecule has 2 fully saturated rings. The number of aryl methyl sites for hydroxylation is 1. The molecule has 3 unspecified atom stereocenters. The van der Waals surface area contributed by atoms with Crippen molar-refractivity contribution >= 4 is 11.8 Å². The summed E-state index contributed by atoms with van der Waals surface area (Å²) in [5.74, 6) is -0.176. The Bertz CT molecular complexity index is 910. The van der Waals surface area contributed by atoms with Crippen LogP contribution in [-0.2, 0) is 20.7 Å². The van der Waals surface area contributed by atoms with Gasteiger partial charge in [0.15, 0.2) is 11.5 Å². The van der Waals surface area contributed by atoms with E-state index < -0.39 is 5.60 Å². The van der Waals surface area contributed by atoms with E-state index in [0.29, 0.717) is 32.1 Å². The number of aliphatic hydroxyl groups is 1. The maximum absolute atomic E-state index is 12.8. The molecular weight excluding hydrogens is 508 g/mol. The van der Waals surface area contributed by atoms with Gasteiger partial charge >= 0.3 is 0 Å². The van der Waals surface area contributed by atoms with E-state index in [-0.39, 0.29) is 48.1 Å². The minimum atomic E-state index is -0.945. The molecular formula is C32H52N2O6. The van der Waals surface area contributed by atoms with Crippen LogP contribution in [0.3, 0.4) is 0 Å². The largest absolute Gasteiger partial charge is 0.504 e. The Morgan fingerprint density at radius 2 is 1.68 bits per heavy atom. The van der Waals surface area contributed by atoms with Crippen LogP contribution in [0, 0.1) is 11.8 Å². The number of nitrogens with zero attached hydrogens (tertiary/aromatic N) is 1. The van der Waals surface area contributed by atoms with Crippen LogP contribution in [0.25, 0.3) is 0 Å². The lowest BCUT2D eigenvalue weighted by molar-refractivity contribution is -0.151. The van der Waals surface area contributed by atoms with Gasteiger partial charge in [0.1, 0.15) is 0 Å². The second-order valence-corrected chi connectivity index (χ2v) is 10.5. The van der Waals surface area contributed by atoms with E-state index >= 15 is 0 Å². The molecule has 2 aliphatic carbocycles. The van der Waals surface area contributed by atoms with E-state index in [1.165, 1.54) is 42.0 Å². The quantitative estimate of drug-likeness (QED) is 0.150. The summed E-state index contributed by atoms with van der Waals surface area (Å²) < 4.78 is 4.25. The molecule has 4 N–H and O–H groups in total. The first-order valence-corrected chi connectivity index (χ1v) is 14.6. The number of hydrogen-bond donors (Lipinski definition) is 4. The molecule has 0 aromatic heterocycles. The molecule has 0 saturated heterocycles. The number of aromatic hydroxyl groups is 2. The average molecular weight is 561 g/mol. The van der Waals surface area contributed by atoms with Crippen LogP contribution in [0.15, 0.2) is 43.5 Å². The van der Waals surface area contributed by atoms with Crippen molar-refractivity contribution in [1.29, 1.82) is 0 Å². The molecule has 40 heavy (non-hydrogen) atoms. The van der Waals surface area contributed by atoms with Gasteiger partial charge in [0, 0.05) is 33.1 Å². The lowest BCUT2D eigenvalue weighted by Crippen LogP contribution is -2.53. The minimum absolute atomic E-state index is 0.0887. The zero-order valence-corrected chi connectivity index (χ0v) is 25.0. The number of benzene rings is 1. The Hall–Kier alpha value is -2.68. The number of carbonyl (C=O) groups is 2. The van der Waals surface area contributed by atoms with Crippen molar-refractivity contribution in [3.8, 4) is 11.5 Å². The van der Waals surface area contributed by atoms with Crippen LogP contribution < -0.4 is 5.32 Å². The van der Waals surface area contributed by atoms with Crippen molar-refractivity contribution in [1.82, 2.24) is 10.2 Å². The maximum atomic E-state index is 12.8. The van der Waals surface area contributed by atoms with Crippen LogP contribution >= 0.6 is 0 Å². The smallest absolute Gasteiger partial charge is 0.233 e. The van der Waals surface area contributed by atoms with E-state index in [9.17, 15) is 24.9 Å². The fourth-order valence-electron chi connectivity index (χ4n) is 5.22. The van der Waals surface area contributed by atoms with Crippen LogP contribution in [0.5, 0.6) is 11.5 Å². The van der Waals surface area contributed by atoms with Gasteiger partial charge in [-0.25, -0.2) is 0 Å². The highest BCUT2D eigenvalue weighted by Gasteiger charge is 2.44. The molecule has 0 spiro atoms. The van der Waals surface area contributed by atoms with E-state index in [4.69, 9.17) is 0 Å². The van der Waals surface area contributed by atoms with E-state index in [2.05, 4.69) is 23.2 Å². The Morgan fingerprint density at radius 1 is 1.07 bits per heavy atom. The number of rotatable bonds is 13. The fraction of sp³-hybridized carbons (Fsp3) is 0.625. The Balaban J connectivity index is 0.00000150. The third-order valence-electron chi connectivity index (χ3n) is 7.45. The molecule has 2 saturated carbocycles. The van der Waals surface area contributed by atoms with Crippen molar-refractivity contribution in [2.75, 3.05) is 27.3 Å². The highest BCUT2D eigenvalue weighted by Crippen LogP contribution is 2.41. The average Bonchev–Trinajstić information content (AvgIpc) is 3.76. The number of nitrogens with one attached hydrogen (secondary N) is 1. The lowest BCUT2D eigenvalue weighted by Gasteiger charge is -2.46. The molecule has 2 aliphatic rings. The number of amides is 2. The summed E-state index contributed by atoms with van der Waals surface area (Å²) in [6, 6.07) is 4.47. The molecule has 226 valence electrons. The number of methoxy groups -OCH3 is 1. The molecule has 3 rings (SSSR count). The van der Waals surface area contributed by atoms with E-state index in [1.807, 2.05) is 13.8 Å². The normalized spacial score (nSPS) is 21.6. The van der Waals surface area contributed by atoms with Gasteiger partial charge in [0.25, 0.3) is 0 Å². The number of carbonyl (C=O) groups excluding carboxylic acids is 2. The SMILES string of the molecule is C=CCC(=O)N(C(=O)CC=C)C1CCC(O)(CCc2ccc(O)c(O)c2)C(CCNCC2CC2)C1.CC.COC. The van der Waals surface area contributed by atoms with Crippen molar-refractivity contribution in [3.63, 3.8) is 0 Å². The van der Waals surface area contributed by atoms with Gasteiger partial charge < -0.3 is 25.4 Å². The standard InChI is InChI=1S/C28H40N2O5.C2H6O.C2H6/c1-3-5-26(33)30(27(34)6-4-2)23-12-15-28(35,14-11-20-9-10-24(31)25(32)17-20)22(18-23)13-16-29-19-21-7-8-21;1-3-2;1-2/h3-4,9-10,17,21-23,29,31-32,35H,1-2,5-8,11-16,18-19H2;1-2H3;1-2H3. The van der Waals surface area contributed by atoms with E-state index in [1.54, 1.807) is 20.3 Å². The first-order chi connectivity index (χ1) is 19.2. The zero-order valence-electron chi connectivity index (χ0n) is 25.0. The second kappa shape index (κ2) is 18.6. The van der Waals surface area contributed by atoms with Gasteiger partial charge in [-0.2, -0.15) is 0 Å². The second-order valence-electron chi connectivity index (χ2n) is 10.5. The van der Waals surface area contributed by atoms with Crippen molar-refractivity contribution in [3.05, 3.63) is 49.1 Å². The zero-order chi connectivity index (χ0) is 30.1. The number of imide groups is 1. The molecule has 3 atom stereocenters. The van der Waals surface area contributed by atoms with Crippen LogP contribution in [0.2, 0.25) is 0 Å². The summed E-state index contributed by atoms with van der Waals surface area (Å²) in [4.78, 5) is 27.0. The molecule has 0 aliphatic heterocycles. The van der Waals surface area contributed by atoms with Gasteiger partial charge in [-0.15, -0.1) is 13.2 Å². The molecule has 2 amide bonds. The van der Waals surface area contributed by atoms with Gasteiger partial charge in [0.2, 0.25) is 11.8 Å². The monoisotopic (exact) mass is 560 g/mol. The Kier molecular flexibility index (Phi) is 16.5. The van der Waals surface area contributed by atoms with Crippen LogP contribution in [-0.4, -0.2) is 71.0 Å². The lowest BCUT2D eigenvalue weighted by atomic mass is 9.69. The molecule has 0 bridgehead atoms. The van der Waals surface area contributed by atoms with Gasteiger partial charge in [-0.05, 0) is 94.0 Å². The predicted octanol–water partition coefficient (Wildman–Crippen LogP) is 5.12. The van der Waals surface area contributed by atoms with Gasteiger partial charge in [-0.1, -0.05) is 32.1 Å².